The van der Waals surface area contributed by atoms with Gasteiger partial charge in [0.2, 0.25) is 0 Å². The van der Waals surface area contributed by atoms with E-state index in [0.29, 0.717) is 0 Å². The highest BCUT2D eigenvalue weighted by Gasteiger charge is 2.03. The summed E-state index contributed by atoms with van der Waals surface area (Å²) in [5.41, 5.74) is 9.07. The third kappa shape index (κ3) is 2.24. The van der Waals surface area contributed by atoms with Gasteiger partial charge in [0.15, 0.2) is 0 Å². The van der Waals surface area contributed by atoms with E-state index < -0.39 is 0 Å². The van der Waals surface area contributed by atoms with Crippen LogP contribution in [0.25, 0.3) is 0 Å². The van der Waals surface area contributed by atoms with Crippen molar-refractivity contribution in [2.24, 2.45) is 0 Å². The van der Waals surface area contributed by atoms with Crippen molar-refractivity contribution in [3.05, 3.63) is 47.5 Å². The Balaban J connectivity index is 2.26. The maximum atomic E-state index is 5.83. The van der Waals surface area contributed by atoms with Crippen LogP contribution in [-0.2, 0) is 13.0 Å². The van der Waals surface area contributed by atoms with E-state index in [-0.39, 0.29) is 0 Å². The number of nitrogens with zero attached hydrogens (tertiary/aromatic N) is 2. The molecule has 0 radical (unpaired) electrons. The van der Waals surface area contributed by atoms with Crippen molar-refractivity contribution < 1.29 is 0 Å². The summed E-state index contributed by atoms with van der Waals surface area (Å²) in [4.78, 5) is 4.36. The molecule has 2 N–H and O–H groups in total. The Morgan fingerprint density at radius 3 is 2.81 bits per heavy atom. The molecule has 0 aliphatic rings. The molecule has 0 bridgehead atoms. The molecule has 1 aromatic carbocycles. The second-order valence-electron chi connectivity index (χ2n) is 4.06. The normalized spacial score (nSPS) is 10.6. The number of hydrogen-bond donors (Lipinski definition) is 1. The Morgan fingerprint density at radius 1 is 1.31 bits per heavy atom. The van der Waals surface area contributed by atoms with Gasteiger partial charge in [0, 0.05) is 31.0 Å². The summed E-state index contributed by atoms with van der Waals surface area (Å²) in [5.74, 6) is 1.09. The maximum absolute atomic E-state index is 5.83. The minimum Gasteiger partial charge on any atom is -0.399 e. The molecule has 3 heteroatoms. The average Bonchev–Trinajstić information content (AvgIpc) is 2.63. The summed E-state index contributed by atoms with van der Waals surface area (Å²) in [5, 5.41) is 0. The van der Waals surface area contributed by atoms with Gasteiger partial charge in [-0.3, -0.25) is 0 Å². The first-order valence-corrected chi connectivity index (χ1v) is 5.55. The minimum absolute atomic E-state index is 0.824. The second-order valence-corrected chi connectivity index (χ2v) is 4.06. The van der Waals surface area contributed by atoms with Gasteiger partial charge in [-0.15, -0.1) is 0 Å². The molecule has 0 amide bonds. The van der Waals surface area contributed by atoms with E-state index in [2.05, 4.69) is 29.5 Å². The van der Waals surface area contributed by atoms with Crippen LogP contribution in [0.5, 0.6) is 0 Å². The molecule has 2 aromatic rings. The van der Waals surface area contributed by atoms with Gasteiger partial charge in [-0.2, -0.15) is 0 Å². The summed E-state index contributed by atoms with van der Waals surface area (Å²) in [7, 11) is 0. The van der Waals surface area contributed by atoms with Crippen molar-refractivity contribution in [3.63, 3.8) is 0 Å². The summed E-state index contributed by atoms with van der Waals surface area (Å²) in [6.07, 6.45) is 4.69. The number of hydrogen-bond acceptors (Lipinski definition) is 2. The number of benzene rings is 1. The highest BCUT2D eigenvalue weighted by molar-refractivity contribution is 5.45. The van der Waals surface area contributed by atoms with Gasteiger partial charge >= 0.3 is 0 Å². The van der Waals surface area contributed by atoms with Crippen molar-refractivity contribution in [1.82, 2.24) is 9.55 Å². The number of nitrogens with two attached hydrogens (primary N) is 1. The lowest BCUT2D eigenvalue weighted by Crippen LogP contribution is -2.02. The third-order valence-corrected chi connectivity index (χ3v) is 2.66. The number of aryl methyl sites for hydroxylation is 2. The van der Waals surface area contributed by atoms with E-state index in [4.69, 9.17) is 5.73 Å². The van der Waals surface area contributed by atoms with Gasteiger partial charge in [0.1, 0.15) is 5.82 Å². The van der Waals surface area contributed by atoms with Gasteiger partial charge in [-0.1, -0.05) is 6.07 Å². The SMILES string of the molecule is CCn1ccnc1Cc1cc(C)cc(N)c1. The van der Waals surface area contributed by atoms with E-state index in [1.807, 2.05) is 24.5 Å². The molecule has 0 atom stereocenters. The van der Waals surface area contributed by atoms with Crippen molar-refractivity contribution in [2.75, 3.05) is 5.73 Å². The molecule has 0 aliphatic heterocycles. The number of aromatic nitrogens is 2. The molecule has 0 unspecified atom stereocenters. The standard InChI is InChI=1S/C13H17N3/c1-3-16-5-4-15-13(16)9-11-6-10(2)7-12(14)8-11/h4-8H,3,9,14H2,1-2H3. The quantitative estimate of drug-likeness (QED) is 0.799. The lowest BCUT2D eigenvalue weighted by molar-refractivity contribution is 0.712. The fourth-order valence-corrected chi connectivity index (χ4v) is 1.97. The average molecular weight is 215 g/mol. The summed E-state index contributed by atoms with van der Waals surface area (Å²) >= 11 is 0. The first-order valence-electron chi connectivity index (χ1n) is 5.55. The Kier molecular flexibility index (Phi) is 2.95. The van der Waals surface area contributed by atoms with Crippen LogP contribution in [0.4, 0.5) is 5.69 Å². The zero-order valence-electron chi connectivity index (χ0n) is 9.77. The zero-order chi connectivity index (χ0) is 11.5. The number of imidazole rings is 1. The molecular weight excluding hydrogens is 198 g/mol. The monoisotopic (exact) mass is 215 g/mol. The third-order valence-electron chi connectivity index (χ3n) is 2.66. The zero-order valence-corrected chi connectivity index (χ0v) is 9.77. The molecule has 0 fully saturated rings. The fourth-order valence-electron chi connectivity index (χ4n) is 1.97. The molecule has 2 rings (SSSR count). The smallest absolute Gasteiger partial charge is 0.113 e. The van der Waals surface area contributed by atoms with Gasteiger partial charge in [0.25, 0.3) is 0 Å². The van der Waals surface area contributed by atoms with Crippen LogP contribution >= 0.6 is 0 Å². The topological polar surface area (TPSA) is 43.8 Å². The summed E-state index contributed by atoms with van der Waals surface area (Å²) in [6.45, 7) is 5.14. The van der Waals surface area contributed by atoms with E-state index in [1.54, 1.807) is 0 Å². The van der Waals surface area contributed by atoms with Gasteiger partial charge in [-0.05, 0) is 37.1 Å². The molecule has 1 heterocycles. The van der Waals surface area contributed by atoms with Crippen LogP contribution in [0.3, 0.4) is 0 Å². The first kappa shape index (κ1) is 10.7. The molecular formula is C13H17N3. The van der Waals surface area contributed by atoms with Crippen LogP contribution in [0.2, 0.25) is 0 Å². The fraction of sp³-hybridized carbons (Fsp3) is 0.308. The predicted molar refractivity (Wildman–Crippen MR) is 66.3 cm³/mol. The van der Waals surface area contributed by atoms with Crippen LogP contribution in [0, 0.1) is 6.92 Å². The molecule has 1 aromatic heterocycles. The van der Waals surface area contributed by atoms with Crippen molar-refractivity contribution in [2.45, 2.75) is 26.8 Å². The van der Waals surface area contributed by atoms with Crippen LogP contribution in [-0.4, -0.2) is 9.55 Å². The number of anilines is 1. The largest absolute Gasteiger partial charge is 0.399 e. The van der Waals surface area contributed by atoms with Crippen LogP contribution < -0.4 is 5.73 Å². The van der Waals surface area contributed by atoms with E-state index in [0.717, 1.165) is 24.5 Å². The Hall–Kier alpha value is -1.77. The lowest BCUT2D eigenvalue weighted by atomic mass is 10.1. The highest BCUT2D eigenvalue weighted by atomic mass is 15.0. The molecule has 3 nitrogen and oxygen atoms in total. The van der Waals surface area contributed by atoms with Crippen LogP contribution in [0.15, 0.2) is 30.6 Å². The van der Waals surface area contributed by atoms with Crippen molar-refractivity contribution >= 4 is 5.69 Å². The highest BCUT2D eigenvalue weighted by Crippen LogP contribution is 2.14. The number of rotatable bonds is 3. The Bertz CT molecular complexity index is 465. The lowest BCUT2D eigenvalue weighted by Gasteiger charge is -2.06. The molecule has 0 saturated heterocycles. The molecule has 16 heavy (non-hydrogen) atoms. The Labute approximate surface area is 95.9 Å². The molecule has 0 saturated carbocycles. The second kappa shape index (κ2) is 4.39. The van der Waals surface area contributed by atoms with E-state index in [1.165, 1.54) is 11.1 Å². The van der Waals surface area contributed by atoms with Crippen LogP contribution in [0.1, 0.15) is 23.9 Å². The van der Waals surface area contributed by atoms with Gasteiger partial charge in [0.05, 0.1) is 0 Å². The van der Waals surface area contributed by atoms with Crippen molar-refractivity contribution in [3.8, 4) is 0 Å². The van der Waals surface area contributed by atoms with Crippen molar-refractivity contribution in [1.29, 1.82) is 0 Å². The summed E-state index contributed by atoms with van der Waals surface area (Å²) in [6, 6.07) is 6.16. The van der Waals surface area contributed by atoms with Gasteiger partial charge < -0.3 is 10.3 Å². The first-order chi connectivity index (χ1) is 7.69. The molecule has 84 valence electrons. The van der Waals surface area contributed by atoms with E-state index >= 15 is 0 Å². The van der Waals surface area contributed by atoms with E-state index in [9.17, 15) is 0 Å². The Morgan fingerprint density at radius 2 is 2.12 bits per heavy atom. The minimum atomic E-state index is 0.824. The number of nitrogen functional groups attached to an aromatic ring is 1. The van der Waals surface area contributed by atoms with Gasteiger partial charge in [-0.25, -0.2) is 4.98 Å². The molecule has 0 spiro atoms. The molecule has 0 aliphatic carbocycles. The predicted octanol–water partition coefficient (Wildman–Crippen LogP) is 2.38. The summed E-state index contributed by atoms with van der Waals surface area (Å²) < 4.78 is 2.15. The maximum Gasteiger partial charge on any atom is 0.113 e.